The highest BCUT2D eigenvalue weighted by Gasteiger charge is 2.28. The Labute approximate surface area is 145 Å². The van der Waals surface area contributed by atoms with E-state index in [0.29, 0.717) is 24.7 Å². The van der Waals surface area contributed by atoms with Gasteiger partial charge in [0.2, 0.25) is 15.9 Å². The number of thioether (sulfide) groups is 1. The Morgan fingerprint density at radius 2 is 2.29 bits per heavy atom. The molecular weight excluding hydrogens is 348 g/mol. The lowest BCUT2D eigenvalue weighted by molar-refractivity contribution is -0.127. The molecule has 0 bridgehead atoms. The van der Waals surface area contributed by atoms with Crippen LogP contribution in [-0.2, 0) is 14.8 Å². The van der Waals surface area contributed by atoms with Gasteiger partial charge in [-0.15, -0.1) is 0 Å². The Morgan fingerprint density at radius 3 is 3.04 bits per heavy atom. The standard InChI is InChI=1S/C15H20N4O3S2/c1-10-2-3-12-13(6-10)18-15(17-12)23-8-14(20)19-5-4-11(7-19)9-24(16,21)22/h2-3,6,11H,4-5,7-9H2,1H3,(H,17,18)(H2,16,21,22)/t11-/m1/s1. The molecule has 0 unspecified atom stereocenters. The van der Waals surface area contributed by atoms with Crippen molar-refractivity contribution in [2.45, 2.75) is 18.5 Å². The Morgan fingerprint density at radius 1 is 1.50 bits per heavy atom. The van der Waals surface area contributed by atoms with Crippen molar-refractivity contribution >= 4 is 38.7 Å². The molecule has 0 aliphatic carbocycles. The fourth-order valence-electron chi connectivity index (χ4n) is 2.91. The second-order valence-electron chi connectivity index (χ2n) is 6.18. The van der Waals surface area contributed by atoms with E-state index in [0.717, 1.165) is 16.6 Å². The molecule has 0 saturated carbocycles. The summed E-state index contributed by atoms with van der Waals surface area (Å²) in [5.74, 6) is 0.144. The van der Waals surface area contributed by atoms with Gasteiger partial charge in [-0.05, 0) is 37.0 Å². The largest absolute Gasteiger partial charge is 0.342 e. The first-order valence-corrected chi connectivity index (χ1v) is 10.4. The number of fused-ring (bicyclic) bond motifs is 1. The zero-order chi connectivity index (χ0) is 17.3. The van der Waals surface area contributed by atoms with Crippen LogP contribution in [0.5, 0.6) is 0 Å². The molecule has 1 aliphatic heterocycles. The summed E-state index contributed by atoms with van der Waals surface area (Å²) < 4.78 is 22.3. The van der Waals surface area contributed by atoms with Crippen LogP contribution in [-0.4, -0.2) is 53.8 Å². The Kier molecular flexibility index (Phi) is 4.84. The minimum atomic E-state index is -3.49. The SMILES string of the molecule is Cc1ccc2nc(SCC(=O)N3CC[C@@H](CS(N)(=O)=O)C3)[nH]c2c1. The maximum Gasteiger partial charge on any atom is 0.233 e. The molecule has 1 amide bonds. The van der Waals surface area contributed by atoms with Crippen molar-refractivity contribution < 1.29 is 13.2 Å². The number of sulfonamides is 1. The number of nitrogens with one attached hydrogen (secondary N) is 1. The van der Waals surface area contributed by atoms with Gasteiger partial charge in [0.05, 0.1) is 22.5 Å². The predicted octanol–water partition coefficient (Wildman–Crippen LogP) is 1.10. The van der Waals surface area contributed by atoms with E-state index in [-0.39, 0.29) is 23.3 Å². The minimum absolute atomic E-state index is 0.00597. The van der Waals surface area contributed by atoms with Crippen molar-refractivity contribution in [3.63, 3.8) is 0 Å². The first-order valence-electron chi connectivity index (χ1n) is 7.67. The highest BCUT2D eigenvalue weighted by atomic mass is 32.2. The van der Waals surface area contributed by atoms with Crippen LogP contribution in [0.25, 0.3) is 11.0 Å². The molecule has 2 aromatic rings. The van der Waals surface area contributed by atoms with E-state index in [1.165, 1.54) is 11.8 Å². The second kappa shape index (κ2) is 6.73. The van der Waals surface area contributed by atoms with Crippen molar-refractivity contribution in [1.29, 1.82) is 0 Å². The van der Waals surface area contributed by atoms with Crippen LogP contribution >= 0.6 is 11.8 Å². The normalized spacial score (nSPS) is 18.4. The van der Waals surface area contributed by atoms with Crippen LogP contribution < -0.4 is 5.14 Å². The summed E-state index contributed by atoms with van der Waals surface area (Å²) in [6, 6.07) is 5.97. The molecule has 130 valence electrons. The highest BCUT2D eigenvalue weighted by molar-refractivity contribution is 7.99. The van der Waals surface area contributed by atoms with E-state index in [9.17, 15) is 13.2 Å². The average molecular weight is 368 g/mol. The van der Waals surface area contributed by atoms with Gasteiger partial charge >= 0.3 is 0 Å². The lowest BCUT2D eigenvalue weighted by Crippen LogP contribution is -2.32. The van der Waals surface area contributed by atoms with Crippen LogP contribution in [0.15, 0.2) is 23.4 Å². The zero-order valence-corrected chi connectivity index (χ0v) is 15.0. The number of primary sulfonamides is 1. The molecule has 7 nitrogen and oxygen atoms in total. The lowest BCUT2D eigenvalue weighted by Gasteiger charge is -2.15. The van der Waals surface area contributed by atoms with Crippen LogP contribution in [0.2, 0.25) is 0 Å². The molecule has 1 aliphatic rings. The molecule has 0 spiro atoms. The number of rotatable bonds is 5. The summed E-state index contributed by atoms with van der Waals surface area (Å²) in [6.45, 7) is 3.05. The van der Waals surface area contributed by atoms with Gasteiger partial charge in [-0.2, -0.15) is 0 Å². The van der Waals surface area contributed by atoms with Crippen LogP contribution in [0, 0.1) is 12.8 Å². The van der Waals surface area contributed by atoms with Gasteiger partial charge in [-0.25, -0.2) is 18.5 Å². The second-order valence-corrected chi connectivity index (χ2v) is 8.80. The number of carbonyl (C=O) groups excluding carboxylic acids is 1. The maximum atomic E-state index is 12.3. The summed E-state index contributed by atoms with van der Waals surface area (Å²) in [7, 11) is -3.49. The Balaban J connectivity index is 1.55. The third kappa shape index (κ3) is 4.28. The van der Waals surface area contributed by atoms with E-state index in [1.807, 2.05) is 25.1 Å². The number of aromatic nitrogens is 2. The molecule has 2 heterocycles. The predicted molar refractivity (Wildman–Crippen MR) is 94.2 cm³/mol. The number of amides is 1. The number of benzene rings is 1. The number of nitrogens with two attached hydrogens (primary N) is 1. The first-order chi connectivity index (χ1) is 11.3. The van der Waals surface area contributed by atoms with E-state index in [4.69, 9.17) is 5.14 Å². The van der Waals surface area contributed by atoms with Crippen molar-refractivity contribution in [2.75, 3.05) is 24.6 Å². The summed E-state index contributed by atoms with van der Waals surface area (Å²) in [5, 5.41) is 5.78. The molecule has 1 aromatic heterocycles. The molecule has 0 radical (unpaired) electrons. The number of H-pyrrole nitrogens is 1. The summed E-state index contributed by atoms with van der Waals surface area (Å²) in [5.41, 5.74) is 2.99. The van der Waals surface area contributed by atoms with Gasteiger partial charge in [0.15, 0.2) is 5.16 Å². The zero-order valence-electron chi connectivity index (χ0n) is 13.4. The van der Waals surface area contributed by atoms with Crippen LogP contribution in [0.3, 0.4) is 0 Å². The van der Waals surface area contributed by atoms with Crippen LogP contribution in [0.4, 0.5) is 0 Å². The molecule has 24 heavy (non-hydrogen) atoms. The number of aromatic amines is 1. The summed E-state index contributed by atoms with van der Waals surface area (Å²) in [6.07, 6.45) is 0.677. The molecule has 3 N–H and O–H groups in total. The van der Waals surface area contributed by atoms with Gasteiger partial charge in [0.1, 0.15) is 0 Å². The average Bonchev–Trinajstić information content (AvgIpc) is 3.09. The molecule has 1 atom stereocenters. The van der Waals surface area contributed by atoms with Crippen molar-refractivity contribution in [3.05, 3.63) is 23.8 Å². The third-order valence-electron chi connectivity index (χ3n) is 4.05. The smallest absolute Gasteiger partial charge is 0.233 e. The number of hydrogen-bond donors (Lipinski definition) is 2. The number of hydrogen-bond acceptors (Lipinski definition) is 5. The van der Waals surface area contributed by atoms with Gasteiger partial charge in [0, 0.05) is 13.1 Å². The monoisotopic (exact) mass is 368 g/mol. The van der Waals surface area contributed by atoms with E-state index in [1.54, 1.807) is 4.90 Å². The van der Waals surface area contributed by atoms with E-state index >= 15 is 0 Å². The minimum Gasteiger partial charge on any atom is -0.342 e. The van der Waals surface area contributed by atoms with E-state index in [2.05, 4.69) is 9.97 Å². The number of imidazole rings is 1. The maximum absolute atomic E-state index is 12.3. The fourth-order valence-corrected chi connectivity index (χ4v) is 4.63. The van der Waals surface area contributed by atoms with Crippen molar-refractivity contribution in [2.24, 2.45) is 11.1 Å². The first kappa shape index (κ1) is 17.2. The van der Waals surface area contributed by atoms with Crippen molar-refractivity contribution in [1.82, 2.24) is 14.9 Å². The van der Waals surface area contributed by atoms with E-state index < -0.39 is 10.0 Å². The molecule has 3 rings (SSSR count). The van der Waals surface area contributed by atoms with Gasteiger partial charge in [-0.3, -0.25) is 4.79 Å². The highest BCUT2D eigenvalue weighted by Crippen LogP contribution is 2.23. The summed E-state index contributed by atoms with van der Waals surface area (Å²) in [4.78, 5) is 21.6. The van der Waals surface area contributed by atoms with Gasteiger partial charge in [0.25, 0.3) is 0 Å². The topological polar surface area (TPSA) is 109 Å². The summed E-state index contributed by atoms with van der Waals surface area (Å²) >= 11 is 1.36. The molecule has 1 saturated heterocycles. The molecular formula is C15H20N4O3S2. The lowest BCUT2D eigenvalue weighted by atomic mass is 10.2. The Hall–Kier alpha value is -1.58. The third-order valence-corrected chi connectivity index (χ3v) is 5.85. The quantitative estimate of drug-likeness (QED) is 0.768. The van der Waals surface area contributed by atoms with Gasteiger partial charge in [-0.1, -0.05) is 17.8 Å². The number of nitrogens with zero attached hydrogens (tertiary/aromatic N) is 2. The van der Waals surface area contributed by atoms with Crippen molar-refractivity contribution in [3.8, 4) is 0 Å². The Bertz CT molecular complexity index is 863. The fraction of sp³-hybridized carbons (Fsp3) is 0.467. The van der Waals surface area contributed by atoms with Gasteiger partial charge < -0.3 is 9.88 Å². The number of aryl methyl sites for hydroxylation is 1. The molecule has 9 heteroatoms. The van der Waals surface area contributed by atoms with Crippen LogP contribution in [0.1, 0.15) is 12.0 Å². The molecule has 1 aromatic carbocycles. The number of likely N-dealkylation sites (tertiary alicyclic amines) is 1. The molecule has 1 fully saturated rings. The number of carbonyl (C=O) groups is 1.